The molecule has 1 rings (SSSR count). The molecule has 0 atom stereocenters. The molecule has 1 aromatic rings. The zero-order valence-corrected chi connectivity index (χ0v) is 15.4. The van der Waals surface area contributed by atoms with Crippen molar-refractivity contribution >= 4 is 35.5 Å². The van der Waals surface area contributed by atoms with Gasteiger partial charge in [0.25, 0.3) is 5.91 Å². The normalized spacial score (nSPS) is 10.1. The Balaban J connectivity index is 0.00000108. The van der Waals surface area contributed by atoms with E-state index in [1.165, 1.54) is 0 Å². The second-order valence-electron chi connectivity index (χ2n) is 5.80. The van der Waals surface area contributed by atoms with Crippen molar-refractivity contribution in [1.82, 2.24) is 15.3 Å². The van der Waals surface area contributed by atoms with Crippen LogP contribution in [-0.4, -0.2) is 34.8 Å². The van der Waals surface area contributed by atoms with Crippen LogP contribution in [0, 0.1) is 11.3 Å². The average Bonchev–Trinajstić information content (AvgIpc) is 2.42. The summed E-state index contributed by atoms with van der Waals surface area (Å²) >= 11 is 6.06. The Bertz CT molecular complexity index is 530. The van der Waals surface area contributed by atoms with Crippen LogP contribution < -0.4 is 16.0 Å². The number of amides is 1. The monoisotopic (exact) mass is 342 g/mol. The van der Waals surface area contributed by atoms with E-state index in [9.17, 15) is 4.79 Å². The lowest BCUT2D eigenvalue weighted by Crippen LogP contribution is -2.32. The van der Waals surface area contributed by atoms with Gasteiger partial charge in [-0.1, -0.05) is 32.4 Å². The Morgan fingerprint density at radius 2 is 1.87 bits per heavy atom. The molecule has 4 N–H and O–H groups in total. The molecule has 0 saturated heterocycles. The van der Waals surface area contributed by atoms with Gasteiger partial charge in [0.15, 0.2) is 22.5 Å². The van der Waals surface area contributed by atoms with E-state index in [1.54, 1.807) is 0 Å². The highest BCUT2D eigenvalue weighted by molar-refractivity contribution is 6.32. The SMILES string of the molecule is CC(C)C.CCN(c1nc(N)c(C(=O)NC=N)nc1Cl)C(C)C. The zero-order valence-electron chi connectivity index (χ0n) is 14.6. The molecule has 0 spiro atoms. The second kappa shape index (κ2) is 9.99. The van der Waals surface area contributed by atoms with Crippen molar-refractivity contribution in [3.05, 3.63) is 10.8 Å². The van der Waals surface area contributed by atoms with Crippen LogP contribution >= 0.6 is 11.6 Å². The first-order chi connectivity index (χ1) is 10.6. The molecule has 130 valence electrons. The number of rotatable bonds is 5. The highest BCUT2D eigenvalue weighted by Gasteiger charge is 2.20. The van der Waals surface area contributed by atoms with E-state index in [0.29, 0.717) is 12.4 Å². The fraction of sp³-hybridized carbons (Fsp3) is 0.600. The molecule has 1 heterocycles. The lowest BCUT2D eigenvalue weighted by Gasteiger charge is -2.27. The molecule has 0 saturated carbocycles. The molecule has 23 heavy (non-hydrogen) atoms. The summed E-state index contributed by atoms with van der Waals surface area (Å²) in [4.78, 5) is 21.6. The molecular weight excluding hydrogens is 316 g/mol. The van der Waals surface area contributed by atoms with Crippen LogP contribution in [0.5, 0.6) is 0 Å². The van der Waals surface area contributed by atoms with Gasteiger partial charge in [-0.05, 0) is 26.7 Å². The average molecular weight is 343 g/mol. The number of hydrogen-bond acceptors (Lipinski definition) is 6. The number of nitrogen functional groups attached to an aromatic ring is 1. The summed E-state index contributed by atoms with van der Waals surface area (Å²) in [5, 5.41) is 9.09. The van der Waals surface area contributed by atoms with Gasteiger partial charge in [0.2, 0.25) is 0 Å². The Kier molecular flexibility index (Phi) is 9.17. The Hall–Kier alpha value is -1.89. The second-order valence-corrected chi connectivity index (χ2v) is 6.16. The molecule has 0 aromatic carbocycles. The summed E-state index contributed by atoms with van der Waals surface area (Å²) in [6.07, 6.45) is 0.748. The molecule has 0 fully saturated rings. The van der Waals surface area contributed by atoms with Gasteiger partial charge in [-0.2, -0.15) is 0 Å². The molecule has 0 aliphatic rings. The van der Waals surface area contributed by atoms with Gasteiger partial charge in [-0.3, -0.25) is 10.2 Å². The van der Waals surface area contributed by atoms with Crippen molar-refractivity contribution in [3.8, 4) is 0 Å². The number of anilines is 2. The van der Waals surface area contributed by atoms with Gasteiger partial charge in [-0.25, -0.2) is 9.97 Å². The van der Waals surface area contributed by atoms with Crippen LogP contribution in [0.25, 0.3) is 0 Å². The number of nitrogens with zero attached hydrogens (tertiary/aromatic N) is 3. The number of halogens is 1. The highest BCUT2D eigenvalue weighted by Crippen LogP contribution is 2.25. The van der Waals surface area contributed by atoms with E-state index in [-0.39, 0.29) is 22.7 Å². The fourth-order valence-electron chi connectivity index (χ4n) is 1.66. The quantitative estimate of drug-likeness (QED) is 0.563. The van der Waals surface area contributed by atoms with Gasteiger partial charge in [0.1, 0.15) is 0 Å². The first-order valence-corrected chi connectivity index (χ1v) is 7.92. The number of nitrogens with two attached hydrogens (primary N) is 1. The summed E-state index contributed by atoms with van der Waals surface area (Å²) in [5.74, 6) is 0.655. The van der Waals surface area contributed by atoms with Crippen molar-refractivity contribution in [2.24, 2.45) is 5.92 Å². The largest absolute Gasteiger partial charge is 0.382 e. The van der Waals surface area contributed by atoms with Crippen LogP contribution in [0.15, 0.2) is 0 Å². The van der Waals surface area contributed by atoms with Gasteiger partial charge in [0, 0.05) is 12.6 Å². The summed E-state index contributed by atoms with van der Waals surface area (Å²) in [7, 11) is 0. The molecule has 1 aromatic heterocycles. The first-order valence-electron chi connectivity index (χ1n) is 7.55. The Morgan fingerprint density at radius 3 is 2.26 bits per heavy atom. The third-order valence-corrected chi connectivity index (χ3v) is 2.77. The van der Waals surface area contributed by atoms with Crippen molar-refractivity contribution in [3.63, 3.8) is 0 Å². The van der Waals surface area contributed by atoms with Crippen molar-refractivity contribution in [2.45, 2.75) is 47.6 Å². The predicted molar refractivity (Wildman–Crippen MR) is 96.4 cm³/mol. The minimum Gasteiger partial charge on any atom is -0.382 e. The molecule has 0 aliphatic carbocycles. The van der Waals surface area contributed by atoms with Crippen molar-refractivity contribution in [2.75, 3.05) is 17.2 Å². The maximum atomic E-state index is 11.6. The summed E-state index contributed by atoms with van der Waals surface area (Å²) in [5.41, 5.74) is 5.63. The lowest BCUT2D eigenvalue weighted by atomic mass is 10.3. The van der Waals surface area contributed by atoms with Gasteiger partial charge < -0.3 is 16.0 Å². The highest BCUT2D eigenvalue weighted by atomic mass is 35.5. The first kappa shape index (κ1) is 21.1. The number of nitrogens with one attached hydrogen (secondary N) is 2. The van der Waals surface area contributed by atoms with E-state index in [0.717, 1.165) is 12.3 Å². The molecule has 0 radical (unpaired) electrons. The van der Waals surface area contributed by atoms with Crippen LogP contribution in [0.4, 0.5) is 11.6 Å². The van der Waals surface area contributed by atoms with E-state index in [2.05, 4.69) is 36.1 Å². The molecule has 0 bridgehead atoms. The van der Waals surface area contributed by atoms with Gasteiger partial charge >= 0.3 is 0 Å². The number of aromatic nitrogens is 2. The molecule has 1 amide bonds. The summed E-state index contributed by atoms with van der Waals surface area (Å²) in [6, 6.07) is 0.178. The van der Waals surface area contributed by atoms with Crippen LogP contribution in [-0.2, 0) is 0 Å². The maximum absolute atomic E-state index is 11.6. The molecular formula is C15H27ClN6O. The molecule has 0 aliphatic heterocycles. The molecule has 7 nitrogen and oxygen atoms in total. The van der Waals surface area contributed by atoms with Crippen LogP contribution in [0.1, 0.15) is 52.0 Å². The van der Waals surface area contributed by atoms with Crippen molar-refractivity contribution in [1.29, 1.82) is 5.41 Å². The number of hydrogen-bond donors (Lipinski definition) is 3. The molecule has 8 heteroatoms. The molecule has 0 unspecified atom stereocenters. The Morgan fingerprint density at radius 1 is 1.35 bits per heavy atom. The van der Waals surface area contributed by atoms with Gasteiger partial charge in [0.05, 0.1) is 6.34 Å². The van der Waals surface area contributed by atoms with E-state index < -0.39 is 5.91 Å². The topological polar surface area (TPSA) is 108 Å². The Labute approximate surface area is 143 Å². The lowest BCUT2D eigenvalue weighted by molar-refractivity contribution is 0.0974. The maximum Gasteiger partial charge on any atom is 0.278 e. The van der Waals surface area contributed by atoms with Crippen LogP contribution in [0.3, 0.4) is 0 Å². The third-order valence-electron chi connectivity index (χ3n) is 2.52. The zero-order chi connectivity index (χ0) is 18.2. The predicted octanol–water partition coefficient (Wildman–Crippen LogP) is 2.95. The number of carbonyl (C=O) groups is 1. The summed E-state index contributed by atoms with van der Waals surface area (Å²) in [6.45, 7) is 13.1. The fourth-order valence-corrected chi connectivity index (χ4v) is 1.90. The minimum absolute atomic E-state index is 0.0159. The minimum atomic E-state index is -0.610. The smallest absolute Gasteiger partial charge is 0.278 e. The van der Waals surface area contributed by atoms with E-state index >= 15 is 0 Å². The van der Waals surface area contributed by atoms with Crippen LogP contribution in [0.2, 0.25) is 5.15 Å². The summed E-state index contributed by atoms with van der Waals surface area (Å²) < 4.78 is 0. The standard InChI is InChI=1S/C11H17ClN6O.C4H10/c1-4-18(6(2)3)10-8(12)16-7(9(14)17-10)11(19)15-5-13;1-4(2)3/h5-6H,4H2,1-3H3,(H2,14,17)(H2,13,15,19);4H,1-3H3. The van der Waals surface area contributed by atoms with E-state index in [4.69, 9.17) is 22.7 Å². The van der Waals surface area contributed by atoms with Gasteiger partial charge in [-0.15, -0.1) is 0 Å². The number of carbonyl (C=O) groups excluding carboxylic acids is 1. The van der Waals surface area contributed by atoms with Crippen molar-refractivity contribution < 1.29 is 4.79 Å². The third kappa shape index (κ3) is 6.81. The van der Waals surface area contributed by atoms with E-state index in [1.807, 2.05) is 25.7 Å².